The molecule has 0 aliphatic carbocycles. The van der Waals surface area contributed by atoms with Crippen LogP contribution in [-0.2, 0) is 0 Å². The maximum atomic E-state index is 12.9. The third-order valence-corrected chi connectivity index (χ3v) is 2.76. The SMILES string of the molecule is CCCC/C(=N/NC(=S)NC)c1ccc(F)cc1. The van der Waals surface area contributed by atoms with Crippen molar-refractivity contribution in [3.63, 3.8) is 0 Å². The van der Waals surface area contributed by atoms with Crippen LogP contribution in [0, 0.1) is 5.82 Å². The van der Waals surface area contributed by atoms with Crippen LogP contribution in [0.1, 0.15) is 31.7 Å². The van der Waals surface area contributed by atoms with Gasteiger partial charge in [-0.3, -0.25) is 5.43 Å². The van der Waals surface area contributed by atoms with E-state index in [1.54, 1.807) is 19.2 Å². The van der Waals surface area contributed by atoms with Crippen LogP contribution in [0.15, 0.2) is 29.4 Å². The van der Waals surface area contributed by atoms with E-state index >= 15 is 0 Å². The molecule has 98 valence electrons. The average Bonchev–Trinajstić information content (AvgIpc) is 2.40. The molecule has 0 atom stereocenters. The third kappa shape index (κ3) is 4.79. The van der Waals surface area contributed by atoms with Gasteiger partial charge in [-0.25, -0.2) is 4.39 Å². The number of nitrogens with one attached hydrogen (secondary N) is 2. The molecule has 0 radical (unpaired) electrons. The molecule has 0 heterocycles. The summed E-state index contributed by atoms with van der Waals surface area (Å²) in [7, 11) is 1.73. The predicted octanol–water partition coefficient (Wildman–Crippen LogP) is 2.81. The second-order valence-electron chi connectivity index (χ2n) is 3.86. The van der Waals surface area contributed by atoms with Crippen LogP contribution in [0.5, 0.6) is 0 Å². The first-order chi connectivity index (χ1) is 8.67. The molecule has 1 aromatic carbocycles. The number of nitrogens with zero attached hydrogens (tertiary/aromatic N) is 1. The smallest absolute Gasteiger partial charge is 0.186 e. The van der Waals surface area contributed by atoms with Gasteiger partial charge in [0, 0.05) is 7.05 Å². The molecular weight excluding hydrogens is 249 g/mol. The average molecular weight is 267 g/mol. The largest absolute Gasteiger partial charge is 0.364 e. The molecule has 1 rings (SSSR count). The Morgan fingerprint density at radius 1 is 1.33 bits per heavy atom. The molecule has 0 fully saturated rings. The molecule has 0 spiro atoms. The van der Waals surface area contributed by atoms with Crippen molar-refractivity contribution in [3.8, 4) is 0 Å². The summed E-state index contributed by atoms with van der Waals surface area (Å²) in [4.78, 5) is 0. The number of halogens is 1. The third-order valence-electron chi connectivity index (χ3n) is 2.46. The Balaban J connectivity index is 2.83. The minimum atomic E-state index is -0.243. The lowest BCUT2D eigenvalue weighted by molar-refractivity contribution is 0.627. The summed E-state index contributed by atoms with van der Waals surface area (Å²) >= 11 is 4.97. The van der Waals surface area contributed by atoms with E-state index < -0.39 is 0 Å². The zero-order valence-electron chi connectivity index (χ0n) is 10.7. The minimum Gasteiger partial charge on any atom is -0.364 e. The van der Waals surface area contributed by atoms with E-state index in [0.717, 1.165) is 30.5 Å². The number of thiocarbonyl (C=S) groups is 1. The second kappa shape index (κ2) is 7.76. The van der Waals surface area contributed by atoms with E-state index in [1.807, 2.05) is 0 Å². The van der Waals surface area contributed by atoms with Crippen LogP contribution >= 0.6 is 12.2 Å². The Morgan fingerprint density at radius 2 is 2.00 bits per heavy atom. The van der Waals surface area contributed by atoms with Crippen molar-refractivity contribution >= 4 is 23.0 Å². The fraction of sp³-hybridized carbons (Fsp3) is 0.385. The molecule has 2 N–H and O–H groups in total. The van der Waals surface area contributed by atoms with Gasteiger partial charge in [-0.05, 0) is 42.8 Å². The zero-order valence-corrected chi connectivity index (χ0v) is 11.5. The van der Waals surface area contributed by atoms with Gasteiger partial charge in [0.15, 0.2) is 5.11 Å². The highest BCUT2D eigenvalue weighted by Crippen LogP contribution is 2.09. The van der Waals surface area contributed by atoms with Crippen LogP contribution in [0.3, 0.4) is 0 Å². The summed E-state index contributed by atoms with van der Waals surface area (Å²) in [6.45, 7) is 2.12. The van der Waals surface area contributed by atoms with Gasteiger partial charge in [-0.1, -0.05) is 25.5 Å². The first kappa shape index (κ1) is 14.6. The summed E-state index contributed by atoms with van der Waals surface area (Å²) in [5, 5.41) is 7.53. The molecule has 5 heteroatoms. The van der Waals surface area contributed by atoms with E-state index in [-0.39, 0.29) is 5.82 Å². The predicted molar refractivity (Wildman–Crippen MR) is 77.3 cm³/mol. The van der Waals surface area contributed by atoms with Crippen molar-refractivity contribution in [1.29, 1.82) is 0 Å². The highest BCUT2D eigenvalue weighted by Gasteiger charge is 2.04. The summed E-state index contributed by atoms with van der Waals surface area (Å²) < 4.78 is 12.9. The summed E-state index contributed by atoms with van der Waals surface area (Å²) in [6.07, 6.45) is 2.95. The van der Waals surface area contributed by atoms with Gasteiger partial charge in [-0.2, -0.15) is 5.10 Å². The van der Waals surface area contributed by atoms with Crippen molar-refractivity contribution < 1.29 is 4.39 Å². The van der Waals surface area contributed by atoms with E-state index in [2.05, 4.69) is 22.8 Å². The molecule has 0 bridgehead atoms. The summed E-state index contributed by atoms with van der Waals surface area (Å²) in [5.41, 5.74) is 4.57. The van der Waals surface area contributed by atoms with Crippen LogP contribution in [0.2, 0.25) is 0 Å². The van der Waals surface area contributed by atoms with Crippen molar-refractivity contribution in [1.82, 2.24) is 10.7 Å². The van der Waals surface area contributed by atoms with Crippen molar-refractivity contribution in [2.24, 2.45) is 5.10 Å². The van der Waals surface area contributed by atoms with E-state index in [0.29, 0.717) is 5.11 Å². The molecule has 0 saturated heterocycles. The van der Waals surface area contributed by atoms with Gasteiger partial charge in [0.1, 0.15) is 5.82 Å². The van der Waals surface area contributed by atoms with Gasteiger partial charge in [-0.15, -0.1) is 0 Å². The standard InChI is InChI=1S/C13H18FN3S/c1-3-4-5-12(16-17-13(18)15-2)10-6-8-11(14)9-7-10/h6-9H,3-5H2,1-2H3,(H2,15,17,18)/b16-12-. The number of hydrazone groups is 1. The van der Waals surface area contributed by atoms with Crippen molar-refractivity contribution in [3.05, 3.63) is 35.6 Å². The lowest BCUT2D eigenvalue weighted by atomic mass is 10.1. The van der Waals surface area contributed by atoms with Crippen LogP contribution < -0.4 is 10.7 Å². The first-order valence-corrected chi connectivity index (χ1v) is 6.38. The highest BCUT2D eigenvalue weighted by atomic mass is 32.1. The quantitative estimate of drug-likeness (QED) is 0.489. The molecule has 0 aromatic heterocycles. The molecule has 0 amide bonds. The second-order valence-corrected chi connectivity index (χ2v) is 4.27. The Labute approximate surface area is 112 Å². The number of hydrogen-bond acceptors (Lipinski definition) is 2. The van der Waals surface area contributed by atoms with Crippen LogP contribution in [0.4, 0.5) is 4.39 Å². The number of benzene rings is 1. The molecule has 0 aliphatic heterocycles. The Bertz CT molecular complexity index is 415. The van der Waals surface area contributed by atoms with Crippen LogP contribution in [-0.4, -0.2) is 17.9 Å². The Kier molecular flexibility index (Phi) is 6.28. The van der Waals surface area contributed by atoms with Crippen LogP contribution in [0.25, 0.3) is 0 Å². The molecule has 3 nitrogen and oxygen atoms in total. The van der Waals surface area contributed by atoms with E-state index in [4.69, 9.17) is 12.2 Å². The van der Waals surface area contributed by atoms with E-state index in [1.165, 1.54) is 12.1 Å². The molecule has 0 unspecified atom stereocenters. The summed E-state index contributed by atoms with van der Waals surface area (Å²) in [5.74, 6) is -0.243. The van der Waals surface area contributed by atoms with E-state index in [9.17, 15) is 4.39 Å². The van der Waals surface area contributed by atoms with Crippen molar-refractivity contribution in [2.45, 2.75) is 26.2 Å². The zero-order chi connectivity index (χ0) is 13.4. The first-order valence-electron chi connectivity index (χ1n) is 5.97. The fourth-order valence-corrected chi connectivity index (χ4v) is 1.47. The maximum absolute atomic E-state index is 12.9. The minimum absolute atomic E-state index is 0.243. The van der Waals surface area contributed by atoms with Gasteiger partial charge in [0.05, 0.1) is 5.71 Å². The molecular formula is C13H18FN3S. The monoisotopic (exact) mass is 267 g/mol. The molecule has 18 heavy (non-hydrogen) atoms. The fourth-order valence-electron chi connectivity index (χ4n) is 1.43. The summed E-state index contributed by atoms with van der Waals surface area (Å²) in [6, 6.07) is 6.34. The lowest BCUT2D eigenvalue weighted by Gasteiger charge is -2.08. The Morgan fingerprint density at radius 3 is 2.56 bits per heavy atom. The van der Waals surface area contributed by atoms with Gasteiger partial charge in [0.25, 0.3) is 0 Å². The molecule has 0 saturated carbocycles. The topological polar surface area (TPSA) is 36.4 Å². The molecule has 1 aromatic rings. The maximum Gasteiger partial charge on any atom is 0.186 e. The number of rotatable bonds is 5. The molecule has 0 aliphatic rings. The van der Waals surface area contributed by atoms with Crippen molar-refractivity contribution in [2.75, 3.05) is 7.05 Å². The van der Waals surface area contributed by atoms with Gasteiger partial charge < -0.3 is 5.32 Å². The lowest BCUT2D eigenvalue weighted by Crippen LogP contribution is -2.29. The van der Waals surface area contributed by atoms with Gasteiger partial charge in [0.2, 0.25) is 0 Å². The van der Waals surface area contributed by atoms with Gasteiger partial charge >= 0.3 is 0 Å². The highest BCUT2D eigenvalue weighted by molar-refractivity contribution is 7.80. The normalized spacial score (nSPS) is 11.2. The number of unbranched alkanes of at least 4 members (excludes halogenated alkanes) is 1. The Hall–Kier alpha value is -1.49. The number of hydrogen-bond donors (Lipinski definition) is 2.